The summed E-state index contributed by atoms with van der Waals surface area (Å²) in [7, 11) is -3.25. The molecule has 162 valence electrons. The average Bonchev–Trinajstić information content (AvgIpc) is 3.18. The highest BCUT2D eigenvalue weighted by atomic mass is 32.2. The molecule has 0 bridgehead atoms. The van der Waals surface area contributed by atoms with Gasteiger partial charge in [-0.2, -0.15) is 5.10 Å². The van der Waals surface area contributed by atoms with Crippen LogP contribution in [0.4, 0.5) is 5.69 Å². The number of aromatic nitrogens is 2. The SMILES string of the molecule is CS(=O)(=O)c1ccc(-n2cc([N+](=O)[O-])cn2)cc1.Cc1cc(C(=O)O)cc(C(=O)O)c1. The second-order valence-electron chi connectivity index (χ2n) is 6.36. The Morgan fingerprint density at radius 1 is 1.03 bits per heavy atom. The molecule has 0 aliphatic carbocycles. The van der Waals surface area contributed by atoms with Crippen molar-refractivity contribution in [3.63, 3.8) is 0 Å². The lowest BCUT2D eigenvalue weighted by Crippen LogP contribution is -2.02. The molecule has 2 aromatic carbocycles. The summed E-state index contributed by atoms with van der Waals surface area (Å²) in [6.45, 7) is 1.65. The van der Waals surface area contributed by atoms with Crippen LogP contribution in [0.2, 0.25) is 0 Å². The summed E-state index contributed by atoms with van der Waals surface area (Å²) in [5, 5.41) is 31.6. The number of carboxylic acids is 2. The minimum atomic E-state index is -3.25. The Kier molecular flexibility index (Phi) is 6.87. The van der Waals surface area contributed by atoms with E-state index in [4.69, 9.17) is 10.2 Å². The van der Waals surface area contributed by atoms with E-state index in [2.05, 4.69) is 5.10 Å². The molecule has 0 saturated carbocycles. The number of aromatic carboxylic acids is 2. The van der Waals surface area contributed by atoms with Crippen molar-refractivity contribution in [1.29, 1.82) is 0 Å². The van der Waals surface area contributed by atoms with Crippen LogP contribution in [0, 0.1) is 17.0 Å². The van der Waals surface area contributed by atoms with Gasteiger partial charge in [0.1, 0.15) is 12.4 Å². The molecule has 3 aromatic rings. The zero-order valence-electron chi connectivity index (χ0n) is 16.3. The van der Waals surface area contributed by atoms with Crippen molar-refractivity contribution in [2.45, 2.75) is 11.8 Å². The highest BCUT2D eigenvalue weighted by Gasteiger charge is 2.11. The molecule has 0 aliphatic heterocycles. The number of hydrogen-bond acceptors (Lipinski definition) is 7. The van der Waals surface area contributed by atoms with Gasteiger partial charge in [-0.1, -0.05) is 0 Å². The quantitative estimate of drug-likeness (QED) is 0.441. The number of carboxylic acid groups (broad SMARTS) is 2. The van der Waals surface area contributed by atoms with Gasteiger partial charge in [0.2, 0.25) is 0 Å². The number of nitrogens with zero attached hydrogens (tertiary/aromatic N) is 3. The molecule has 0 saturated heterocycles. The van der Waals surface area contributed by atoms with E-state index >= 15 is 0 Å². The van der Waals surface area contributed by atoms with E-state index in [-0.39, 0.29) is 21.7 Å². The summed E-state index contributed by atoms with van der Waals surface area (Å²) in [6.07, 6.45) is 3.50. The minimum absolute atomic E-state index is 0.00241. The van der Waals surface area contributed by atoms with Crippen molar-refractivity contribution >= 4 is 27.5 Å². The molecule has 1 heterocycles. The Bertz CT molecular complexity index is 1220. The monoisotopic (exact) mass is 447 g/mol. The Hall–Kier alpha value is -4.06. The second-order valence-corrected chi connectivity index (χ2v) is 8.38. The Balaban J connectivity index is 0.000000233. The fraction of sp³-hybridized carbons (Fsp3) is 0.105. The second kappa shape index (κ2) is 9.17. The molecule has 0 aliphatic rings. The van der Waals surface area contributed by atoms with Gasteiger partial charge in [0, 0.05) is 6.26 Å². The van der Waals surface area contributed by atoms with E-state index in [1.54, 1.807) is 6.92 Å². The molecule has 3 rings (SSSR count). The van der Waals surface area contributed by atoms with Crippen LogP contribution in [0.3, 0.4) is 0 Å². The average molecular weight is 447 g/mol. The molecule has 1 aromatic heterocycles. The van der Waals surface area contributed by atoms with Gasteiger partial charge in [0.05, 0.1) is 26.6 Å². The molecular weight excluding hydrogens is 430 g/mol. The Morgan fingerprint density at radius 2 is 1.55 bits per heavy atom. The Morgan fingerprint density at radius 3 is 1.94 bits per heavy atom. The van der Waals surface area contributed by atoms with Gasteiger partial charge in [-0.15, -0.1) is 0 Å². The predicted octanol–water partition coefficient (Wildman–Crippen LogP) is 2.58. The van der Waals surface area contributed by atoms with Crippen LogP contribution in [-0.4, -0.2) is 51.5 Å². The summed E-state index contributed by atoms with van der Waals surface area (Å²) in [6, 6.07) is 9.91. The normalized spacial score (nSPS) is 10.6. The largest absolute Gasteiger partial charge is 0.478 e. The van der Waals surface area contributed by atoms with Crippen LogP contribution >= 0.6 is 0 Å². The lowest BCUT2D eigenvalue weighted by molar-refractivity contribution is -0.384. The standard InChI is InChI=1S/C10H9N3O4S.C9H8O4/c1-18(16,17)10-4-2-8(3-5-10)12-7-9(6-11-12)13(14)15;1-5-2-6(8(10)11)4-7(3-5)9(12)13/h2-7H,1H3;2-4H,1H3,(H,10,11)(H,12,13). The van der Waals surface area contributed by atoms with Gasteiger partial charge in [-0.25, -0.2) is 22.7 Å². The maximum absolute atomic E-state index is 11.3. The van der Waals surface area contributed by atoms with Gasteiger partial charge in [-0.3, -0.25) is 10.1 Å². The van der Waals surface area contributed by atoms with Crippen LogP contribution in [-0.2, 0) is 9.84 Å². The molecule has 0 amide bonds. The topological polar surface area (TPSA) is 170 Å². The third-order valence-electron chi connectivity index (χ3n) is 3.88. The highest BCUT2D eigenvalue weighted by molar-refractivity contribution is 7.90. The molecule has 0 unspecified atom stereocenters. The van der Waals surface area contributed by atoms with E-state index in [0.717, 1.165) is 18.5 Å². The van der Waals surface area contributed by atoms with Crippen LogP contribution in [0.25, 0.3) is 5.69 Å². The molecular formula is C19H17N3O8S. The first kappa shape index (κ1) is 23.2. The van der Waals surface area contributed by atoms with Crippen molar-refractivity contribution in [3.8, 4) is 5.69 Å². The fourth-order valence-electron chi connectivity index (χ4n) is 2.42. The molecule has 31 heavy (non-hydrogen) atoms. The summed E-state index contributed by atoms with van der Waals surface area (Å²) in [5.74, 6) is -2.24. The first-order valence-corrected chi connectivity index (χ1v) is 10.4. The number of rotatable bonds is 5. The number of aryl methyl sites for hydroxylation is 1. The van der Waals surface area contributed by atoms with E-state index in [1.807, 2.05) is 0 Å². The van der Waals surface area contributed by atoms with Crippen molar-refractivity contribution in [3.05, 3.63) is 81.7 Å². The highest BCUT2D eigenvalue weighted by Crippen LogP contribution is 2.16. The first-order valence-electron chi connectivity index (χ1n) is 8.46. The van der Waals surface area contributed by atoms with E-state index < -0.39 is 26.7 Å². The zero-order chi connectivity index (χ0) is 23.3. The number of carbonyl (C=O) groups is 2. The summed E-state index contributed by atoms with van der Waals surface area (Å²) in [4.78, 5) is 31.2. The van der Waals surface area contributed by atoms with Gasteiger partial charge in [0.25, 0.3) is 0 Å². The van der Waals surface area contributed by atoms with Gasteiger partial charge in [-0.05, 0) is 55.0 Å². The van der Waals surface area contributed by atoms with Crippen molar-refractivity contribution in [2.75, 3.05) is 6.26 Å². The molecule has 0 radical (unpaired) electrons. The van der Waals surface area contributed by atoms with E-state index in [9.17, 15) is 28.1 Å². The maximum atomic E-state index is 11.3. The summed E-state index contributed by atoms with van der Waals surface area (Å²) < 4.78 is 23.8. The third-order valence-corrected chi connectivity index (χ3v) is 5.01. The van der Waals surface area contributed by atoms with Gasteiger partial charge >= 0.3 is 17.6 Å². The number of nitro groups is 1. The van der Waals surface area contributed by atoms with Crippen LogP contribution in [0.15, 0.2) is 59.8 Å². The third kappa shape index (κ3) is 6.21. The van der Waals surface area contributed by atoms with Gasteiger partial charge < -0.3 is 10.2 Å². The molecule has 0 spiro atoms. The Labute approximate surface area is 176 Å². The predicted molar refractivity (Wildman–Crippen MR) is 108 cm³/mol. The zero-order valence-corrected chi connectivity index (χ0v) is 17.1. The number of hydrogen-bond donors (Lipinski definition) is 2. The minimum Gasteiger partial charge on any atom is -0.478 e. The molecule has 12 heteroatoms. The molecule has 0 fully saturated rings. The molecule has 11 nitrogen and oxygen atoms in total. The van der Waals surface area contributed by atoms with Crippen LogP contribution in [0.5, 0.6) is 0 Å². The van der Waals surface area contributed by atoms with E-state index in [0.29, 0.717) is 11.3 Å². The summed E-state index contributed by atoms with van der Waals surface area (Å²) in [5.41, 5.74) is 1.05. The first-order chi connectivity index (χ1) is 14.4. The maximum Gasteiger partial charge on any atom is 0.335 e. The number of benzene rings is 2. The van der Waals surface area contributed by atoms with Crippen molar-refractivity contribution in [2.24, 2.45) is 0 Å². The van der Waals surface area contributed by atoms with Crippen molar-refractivity contribution < 1.29 is 33.1 Å². The lowest BCUT2D eigenvalue weighted by atomic mass is 10.1. The van der Waals surface area contributed by atoms with Crippen LogP contribution in [0.1, 0.15) is 26.3 Å². The molecule has 2 N–H and O–H groups in total. The smallest absolute Gasteiger partial charge is 0.335 e. The van der Waals surface area contributed by atoms with Crippen LogP contribution < -0.4 is 0 Å². The van der Waals surface area contributed by atoms with E-state index in [1.165, 1.54) is 47.3 Å². The van der Waals surface area contributed by atoms with Crippen molar-refractivity contribution in [1.82, 2.24) is 9.78 Å². The fourth-order valence-corrected chi connectivity index (χ4v) is 3.06. The molecule has 0 atom stereocenters. The number of sulfone groups is 1. The van der Waals surface area contributed by atoms with Gasteiger partial charge in [0.15, 0.2) is 9.84 Å². The lowest BCUT2D eigenvalue weighted by Gasteiger charge is -2.02. The summed E-state index contributed by atoms with van der Waals surface area (Å²) >= 11 is 0.